The van der Waals surface area contributed by atoms with E-state index in [-0.39, 0.29) is 30.1 Å². The summed E-state index contributed by atoms with van der Waals surface area (Å²) in [5, 5.41) is 4.20. The van der Waals surface area contributed by atoms with E-state index in [9.17, 15) is 9.59 Å². The molecule has 2 atom stereocenters. The molecule has 0 aromatic carbocycles. The number of nitrogens with zero attached hydrogens (tertiary/aromatic N) is 3. The normalized spacial score (nSPS) is 21.4. The first kappa shape index (κ1) is 26.8. The zero-order valence-corrected chi connectivity index (χ0v) is 21.5. The lowest BCUT2D eigenvalue weighted by Gasteiger charge is -2.27. The highest BCUT2D eigenvalue weighted by atomic mass is 35.5. The van der Waals surface area contributed by atoms with Gasteiger partial charge in [-0.25, -0.2) is 19.6 Å². The molecule has 2 aromatic rings. The molecule has 2 aliphatic rings. The lowest BCUT2D eigenvalue weighted by atomic mass is 10.0. The topological polar surface area (TPSA) is 117 Å². The zero-order chi connectivity index (χ0) is 25.5. The molecular weight excluding hydrogens is 505 g/mol. The van der Waals surface area contributed by atoms with Crippen molar-refractivity contribution in [1.29, 1.82) is 0 Å². The van der Waals surface area contributed by atoms with Crippen LogP contribution in [0.1, 0.15) is 64.5 Å². The minimum atomic E-state index is -0.491. The molecule has 0 saturated heterocycles. The molecule has 11 heteroatoms. The number of esters is 2. The van der Waals surface area contributed by atoms with Crippen LogP contribution in [0.25, 0.3) is 5.73 Å². The predicted molar refractivity (Wildman–Crippen MR) is 136 cm³/mol. The summed E-state index contributed by atoms with van der Waals surface area (Å²) in [6.45, 7) is 3.25. The van der Waals surface area contributed by atoms with Crippen molar-refractivity contribution < 1.29 is 19.1 Å². The fourth-order valence-corrected chi connectivity index (χ4v) is 4.92. The molecule has 2 aromatic heterocycles. The van der Waals surface area contributed by atoms with Crippen LogP contribution in [0.3, 0.4) is 0 Å². The van der Waals surface area contributed by atoms with Crippen molar-refractivity contribution in [1.82, 2.24) is 20.2 Å². The summed E-state index contributed by atoms with van der Waals surface area (Å²) in [6.07, 6.45) is 2.65. The second kappa shape index (κ2) is 12.8. The number of aromatic nitrogens is 2. The van der Waals surface area contributed by atoms with Gasteiger partial charge in [-0.15, -0.1) is 6.54 Å². The van der Waals surface area contributed by atoms with Crippen molar-refractivity contribution in [3.63, 3.8) is 0 Å². The highest BCUT2D eigenvalue weighted by molar-refractivity contribution is 6.31. The number of pyridine rings is 2. The minimum absolute atomic E-state index is 0.191. The molecule has 0 aliphatic carbocycles. The molecule has 0 radical (unpaired) electrons. The maximum atomic E-state index is 12.8. The van der Waals surface area contributed by atoms with E-state index in [2.05, 4.69) is 20.2 Å². The van der Waals surface area contributed by atoms with E-state index in [0.717, 1.165) is 0 Å². The number of carbonyl (C=O) groups excluding carboxylic acids is 2. The highest BCUT2D eigenvalue weighted by Crippen LogP contribution is 2.22. The van der Waals surface area contributed by atoms with Crippen molar-refractivity contribution in [3.8, 4) is 0 Å². The number of ether oxygens (including phenoxy) is 2. The third-order valence-electron chi connectivity index (χ3n) is 6.23. The summed E-state index contributed by atoms with van der Waals surface area (Å²) >= 11 is 12.3. The number of carbonyl (C=O) groups is 2. The number of fused-ring (bicyclic) bond motifs is 4. The smallest absolute Gasteiger partial charge is 0.357 e. The molecule has 0 amide bonds. The van der Waals surface area contributed by atoms with Crippen molar-refractivity contribution in [2.45, 2.75) is 57.4 Å². The summed E-state index contributed by atoms with van der Waals surface area (Å²) < 4.78 is 11.5. The average molecular weight is 535 g/mol. The summed E-state index contributed by atoms with van der Waals surface area (Å²) in [6, 6.07) is 6.51. The Balaban J connectivity index is 1.39. The summed E-state index contributed by atoms with van der Waals surface area (Å²) in [5.41, 5.74) is 9.41. The second-order valence-corrected chi connectivity index (χ2v) is 9.96. The second-order valence-electron chi connectivity index (χ2n) is 9.09. The molecule has 0 fully saturated rings. The largest absolute Gasteiger partial charge is 0.676 e. The number of nitrogens with one attached hydrogen (secondary N) is 2. The first-order chi connectivity index (χ1) is 17.4. The van der Waals surface area contributed by atoms with Gasteiger partial charge in [-0.1, -0.05) is 23.2 Å². The van der Waals surface area contributed by atoms with Crippen LogP contribution in [0.15, 0.2) is 24.3 Å². The van der Waals surface area contributed by atoms with Crippen LogP contribution in [-0.2, 0) is 22.6 Å². The Labute approximate surface area is 220 Å². The Hall–Kier alpha value is -2.30. The number of cyclic esters (lactones) is 2. The zero-order valence-electron chi connectivity index (χ0n) is 20.0. The molecular formula is C25H30Cl2N5O4-. The molecule has 4 bridgehead atoms. The maximum Gasteiger partial charge on any atom is 0.357 e. The number of hydrogen-bond acceptors (Lipinski definition) is 8. The predicted octanol–water partition coefficient (Wildman–Crippen LogP) is 4.46. The monoisotopic (exact) mass is 534 g/mol. The van der Waals surface area contributed by atoms with Crippen LogP contribution >= 0.6 is 23.2 Å². The van der Waals surface area contributed by atoms with Crippen molar-refractivity contribution >= 4 is 35.1 Å². The standard InChI is InChI=1S/C25H30Cl2N5O4/c26-16-10-18-14-29-7-4-20(35-24(33)22(12-16)30-18)2-1-3-21-5-8-32(9-6-28)15-19-11-17(27)13-23(31-19)25(34)36-21/h10-13,20-21,28-29H,1-9,14-15H2/q-1/t20-,21-/m1/s1. The van der Waals surface area contributed by atoms with E-state index in [0.29, 0.717) is 86.3 Å². The molecule has 2 N–H and O–H groups in total. The summed E-state index contributed by atoms with van der Waals surface area (Å²) in [7, 11) is 0. The van der Waals surface area contributed by atoms with Gasteiger partial charge in [0.15, 0.2) is 0 Å². The SMILES string of the molecule is [NH-]CCN1CC[C@@H](CCC[C@@H]2CCNCc3cc(Cl)cc(n3)C(=O)O2)OC(=O)c2cc(Cl)cc(n2)C1. The first-order valence-corrected chi connectivity index (χ1v) is 13.0. The van der Waals surface area contributed by atoms with E-state index >= 15 is 0 Å². The summed E-state index contributed by atoms with van der Waals surface area (Å²) in [5.74, 6) is -0.973. The van der Waals surface area contributed by atoms with Crippen molar-refractivity contribution in [2.24, 2.45) is 0 Å². The molecule has 36 heavy (non-hydrogen) atoms. The van der Waals surface area contributed by atoms with E-state index in [1.165, 1.54) is 12.1 Å². The van der Waals surface area contributed by atoms with Crippen LogP contribution in [0.2, 0.25) is 10.0 Å². The quantitative estimate of drug-likeness (QED) is 0.539. The van der Waals surface area contributed by atoms with Crippen molar-refractivity contribution in [3.05, 3.63) is 62.8 Å². The fourth-order valence-electron chi connectivity index (χ4n) is 4.47. The molecule has 0 spiro atoms. The molecule has 4 rings (SSSR count). The van der Waals surface area contributed by atoms with Crippen LogP contribution in [0.4, 0.5) is 0 Å². The molecule has 9 nitrogen and oxygen atoms in total. The third-order valence-corrected chi connectivity index (χ3v) is 6.67. The Bertz CT molecular complexity index is 1090. The number of hydrogen-bond donors (Lipinski definition) is 1. The Kier molecular flexibility index (Phi) is 9.50. The molecule has 194 valence electrons. The van der Waals surface area contributed by atoms with Gasteiger partial charge in [-0.3, -0.25) is 4.90 Å². The van der Waals surface area contributed by atoms with Crippen LogP contribution < -0.4 is 5.32 Å². The van der Waals surface area contributed by atoms with Gasteiger partial charge < -0.3 is 20.5 Å². The average Bonchev–Trinajstić information content (AvgIpc) is 2.83. The lowest BCUT2D eigenvalue weighted by molar-refractivity contribution is 0.0162. The third kappa shape index (κ3) is 7.60. The Morgan fingerprint density at radius 3 is 2.22 bits per heavy atom. The van der Waals surface area contributed by atoms with Gasteiger partial charge in [-0.2, -0.15) is 0 Å². The van der Waals surface area contributed by atoms with Crippen LogP contribution in [-0.4, -0.2) is 65.2 Å². The van der Waals surface area contributed by atoms with E-state index in [1.807, 2.05) is 0 Å². The fraction of sp³-hybridized carbons (Fsp3) is 0.520. The number of halogens is 2. The van der Waals surface area contributed by atoms with Gasteiger partial charge in [0.2, 0.25) is 0 Å². The van der Waals surface area contributed by atoms with E-state index in [1.54, 1.807) is 12.1 Å². The van der Waals surface area contributed by atoms with Gasteiger partial charge in [-0.05, 0) is 69.5 Å². The number of rotatable bonds is 6. The van der Waals surface area contributed by atoms with Gasteiger partial charge in [0.1, 0.15) is 23.6 Å². The highest BCUT2D eigenvalue weighted by Gasteiger charge is 2.24. The van der Waals surface area contributed by atoms with Gasteiger partial charge in [0.05, 0.1) is 11.4 Å². The van der Waals surface area contributed by atoms with Gasteiger partial charge in [0.25, 0.3) is 0 Å². The van der Waals surface area contributed by atoms with Gasteiger partial charge in [0, 0.05) is 29.7 Å². The van der Waals surface area contributed by atoms with Crippen LogP contribution in [0, 0.1) is 0 Å². The Morgan fingerprint density at radius 1 is 0.944 bits per heavy atom. The molecule has 4 heterocycles. The molecule has 2 aliphatic heterocycles. The molecule has 0 saturated carbocycles. The van der Waals surface area contributed by atoms with Crippen molar-refractivity contribution in [2.75, 3.05) is 26.2 Å². The maximum absolute atomic E-state index is 12.8. The lowest BCUT2D eigenvalue weighted by Crippen LogP contribution is -2.33. The summed E-state index contributed by atoms with van der Waals surface area (Å²) in [4.78, 5) is 36.3. The van der Waals surface area contributed by atoms with E-state index < -0.39 is 11.9 Å². The first-order valence-electron chi connectivity index (χ1n) is 12.2. The van der Waals surface area contributed by atoms with Gasteiger partial charge >= 0.3 is 11.9 Å². The Morgan fingerprint density at radius 2 is 1.56 bits per heavy atom. The minimum Gasteiger partial charge on any atom is -0.676 e. The molecule has 0 unspecified atom stereocenters. The van der Waals surface area contributed by atoms with Crippen LogP contribution in [0.5, 0.6) is 0 Å². The van der Waals surface area contributed by atoms with E-state index in [4.69, 9.17) is 38.4 Å².